The number of aliphatic hydroxyl groups is 1. The third-order valence-corrected chi connectivity index (χ3v) is 3.93. The van der Waals surface area contributed by atoms with Crippen molar-refractivity contribution in [2.75, 3.05) is 25.0 Å². The van der Waals surface area contributed by atoms with Gasteiger partial charge in [-0.3, -0.25) is 4.79 Å². The van der Waals surface area contributed by atoms with Crippen LogP contribution in [0.25, 0.3) is 0 Å². The highest BCUT2D eigenvalue weighted by molar-refractivity contribution is 5.99. The number of hydrogen-bond donors (Lipinski definition) is 2. The van der Waals surface area contributed by atoms with Crippen LogP contribution in [0, 0.1) is 5.92 Å². The van der Waals surface area contributed by atoms with Gasteiger partial charge in [-0.25, -0.2) is 0 Å². The molecular formula is C16H24N2O2. The van der Waals surface area contributed by atoms with E-state index in [4.69, 9.17) is 0 Å². The number of carbonyl (C=O) groups excluding carboxylic acids is 1. The molecule has 1 aliphatic heterocycles. The topological polar surface area (TPSA) is 52.6 Å². The molecule has 0 saturated carbocycles. The number of rotatable bonds is 4. The van der Waals surface area contributed by atoms with E-state index < -0.39 is 6.10 Å². The largest absolute Gasteiger partial charge is 0.391 e. The first-order valence-electron chi connectivity index (χ1n) is 7.43. The molecule has 110 valence electrons. The Kier molecular flexibility index (Phi) is 5.01. The molecule has 2 atom stereocenters. The first-order valence-corrected chi connectivity index (χ1v) is 7.43. The monoisotopic (exact) mass is 276 g/mol. The maximum atomic E-state index is 12.6. The van der Waals surface area contributed by atoms with Crippen LogP contribution in [0.1, 0.15) is 37.0 Å². The van der Waals surface area contributed by atoms with Gasteiger partial charge in [0.15, 0.2) is 0 Å². The van der Waals surface area contributed by atoms with Gasteiger partial charge in [0.25, 0.3) is 5.91 Å². The highest BCUT2D eigenvalue weighted by Crippen LogP contribution is 2.22. The second kappa shape index (κ2) is 6.75. The highest BCUT2D eigenvalue weighted by atomic mass is 16.3. The fraction of sp³-hybridized carbons (Fsp3) is 0.562. The second-order valence-corrected chi connectivity index (χ2v) is 5.56. The summed E-state index contributed by atoms with van der Waals surface area (Å²) in [5.41, 5.74) is 1.58. The molecule has 1 aromatic carbocycles. The molecule has 1 aromatic rings. The van der Waals surface area contributed by atoms with Gasteiger partial charge in [0, 0.05) is 25.3 Å². The van der Waals surface area contributed by atoms with E-state index in [-0.39, 0.29) is 11.8 Å². The van der Waals surface area contributed by atoms with E-state index in [0.29, 0.717) is 12.1 Å². The lowest BCUT2D eigenvalue weighted by molar-refractivity contribution is 0.0249. The highest BCUT2D eigenvalue weighted by Gasteiger charge is 2.28. The number of nitrogens with one attached hydrogen (secondary N) is 1. The number of hydrogen-bond acceptors (Lipinski definition) is 3. The van der Waals surface area contributed by atoms with Crippen molar-refractivity contribution in [3.05, 3.63) is 29.8 Å². The molecule has 4 heteroatoms. The SMILES string of the molecule is CCCNc1ccccc1C(=O)N1CCC(C)C(O)C1. The molecule has 2 rings (SSSR count). The molecule has 0 aromatic heterocycles. The number of piperidine rings is 1. The van der Waals surface area contributed by atoms with Gasteiger partial charge in [-0.1, -0.05) is 26.0 Å². The number of para-hydroxylation sites is 1. The lowest BCUT2D eigenvalue weighted by Gasteiger charge is -2.34. The lowest BCUT2D eigenvalue weighted by Crippen LogP contribution is -2.45. The number of carbonyl (C=O) groups is 1. The molecule has 1 saturated heterocycles. The maximum absolute atomic E-state index is 12.6. The van der Waals surface area contributed by atoms with Crippen LogP contribution in [0.2, 0.25) is 0 Å². The van der Waals surface area contributed by atoms with Gasteiger partial charge in [-0.15, -0.1) is 0 Å². The van der Waals surface area contributed by atoms with E-state index in [1.807, 2.05) is 31.2 Å². The third-order valence-electron chi connectivity index (χ3n) is 3.93. The minimum atomic E-state index is -0.413. The number of amides is 1. The maximum Gasteiger partial charge on any atom is 0.256 e. The van der Waals surface area contributed by atoms with E-state index in [1.54, 1.807) is 4.90 Å². The molecule has 2 N–H and O–H groups in total. The Bertz CT molecular complexity index is 462. The Labute approximate surface area is 120 Å². The van der Waals surface area contributed by atoms with Gasteiger partial charge < -0.3 is 15.3 Å². The van der Waals surface area contributed by atoms with E-state index in [9.17, 15) is 9.90 Å². The molecule has 0 radical (unpaired) electrons. The smallest absolute Gasteiger partial charge is 0.256 e. The standard InChI is InChI=1S/C16H24N2O2/c1-3-9-17-14-7-5-4-6-13(14)16(20)18-10-8-12(2)15(19)11-18/h4-7,12,15,17,19H,3,8-11H2,1-2H3. The zero-order valence-corrected chi connectivity index (χ0v) is 12.3. The Morgan fingerprint density at radius 1 is 1.45 bits per heavy atom. The molecule has 20 heavy (non-hydrogen) atoms. The molecule has 1 fully saturated rings. The summed E-state index contributed by atoms with van der Waals surface area (Å²) in [6.45, 7) is 6.13. The number of anilines is 1. The number of benzene rings is 1. The predicted molar refractivity (Wildman–Crippen MR) is 80.9 cm³/mol. The molecule has 2 unspecified atom stereocenters. The summed E-state index contributed by atoms with van der Waals surface area (Å²) < 4.78 is 0. The summed E-state index contributed by atoms with van der Waals surface area (Å²) in [6, 6.07) is 7.60. The summed E-state index contributed by atoms with van der Waals surface area (Å²) in [5, 5.41) is 13.2. The van der Waals surface area contributed by atoms with Crippen LogP contribution in [-0.4, -0.2) is 41.7 Å². The normalized spacial score (nSPS) is 22.6. The van der Waals surface area contributed by atoms with Crippen molar-refractivity contribution in [1.82, 2.24) is 4.90 Å². The van der Waals surface area contributed by atoms with Crippen LogP contribution >= 0.6 is 0 Å². The zero-order valence-electron chi connectivity index (χ0n) is 12.3. The van der Waals surface area contributed by atoms with Crippen LogP contribution < -0.4 is 5.32 Å². The third kappa shape index (κ3) is 3.31. The fourth-order valence-electron chi connectivity index (χ4n) is 2.49. The Morgan fingerprint density at radius 3 is 2.90 bits per heavy atom. The lowest BCUT2D eigenvalue weighted by atomic mass is 9.95. The summed E-state index contributed by atoms with van der Waals surface area (Å²) >= 11 is 0. The second-order valence-electron chi connectivity index (χ2n) is 5.56. The predicted octanol–water partition coefficient (Wildman–Crippen LogP) is 2.35. The van der Waals surface area contributed by atoms with Crippen molar-refractivity contribution in [3.8, 4) is 0 Å². The van der Waals surface area contributed by atoms with Crippen molar-refractivity contribution in [3.63, 3.8) is 0 Å². The number of aliphatic hydroxyl groups excluding tert-OH is 1. The summed E-state index contributed by atoms with van der Waals surface area (Å²) in [5.74, 6) is 0.280. The average Bonchev–Trinajstić information content (AvgIpc) is 2.47. The molecule has 1 heterocycles. The molecular weight excluding hydrogens is 252 g/mol. The van der Waals surface area contributed by atoms with E-state index in [0.717, 1.165) is 31.6 Å². The quantitative estimate of drug-likeness (QED) is 0.887. The zero-order chi connectivity index (χ0) is 14.5. The van der Waals surface area contributed by atoms with Crippen LogP contribution in [0.15, 0.2) is 24.3 Å². The van der Waals surface area contributed by atoms with Gasteiger partial charge in [-0.2, -0.15) is 0 Å². The molecule has 0 aliphatic carbocycles. The van der Waals surface area contributed by atoms with Gasteiger partial charge in [0.2, 0.25) is 0 Å². The summed E-state index contributed by atoms with van der Waals surface area (Å²) in [4.78, 5) is 14.4. The molecule has 0 spiro atoms. The first kappa shape index (κ1) is 14.9. The molecule has 0 bridgehead atoms. The minimum Gasteiger partial charge on any atom is -0.391 e. The molecule has 1 amide bonds. The Hall–Kier alpha value is -1.55. The van der Waals surface area contributed by atoms with E-state index in [1.165, 1.54) is 0 Å². The Morgan fingerprint density at radius 2 is 2.20 bits per heavy atom. The number of likely N-dealkylation sites (tertiary alicyclic amines) is 1. The van der Waals surface area contributed by atoms with Crippen LogP contribution in [0.4, 0.5) is 5.69 Å². The van der Waals surface area contributed by atoms with Gasteiger partial charge >= 0.3 is 0 Å². The van der Waals surface area contributed by atoms with Crippen molar-refractivity contribution >= 4 is 11.6 Å². The number of β-amino-alcohol motifs (C(OH)–C–C–N with tert-alkyl or cyclic N) is 1. The Balaban J connectivity index is 2.12. The van der Waals surface area contributed by atoms with Gasteiger partial charge in [-0.05, 0) is 30.9 Å². The minimum absolute atomic E-state index is 0.00940. The van der Waals surface area contributed by atoms with Crippen molar-refractivity contribution in [2.24, 2.45) is 5.92 Å². The van der Waals surface area contributed by atoms with Crippen LogP contribution in [0.5, 0.6) is 0 Å². The first-order chi connectivity index (χ1) is 9.63. The molecule has 1 aliphatic rings. The van der Waals surface area contributed by atoms with Crippen LogP contribution in [-0.2, 0) is 0 Å². The number of nitrogens with zero attached hydrogens (tertiary/aromatic N) is 1. The summed E-state index contributed by atoms with van der Waals surface area (Å²) in [6.07, 6.45) is 1.46. The average molecular weight is 276 g/mol. The van der Waals surface area contributed by atoms with E-state index in [2.05, 4.69) is 12.2 Å². The van der Waals surface area contributed by atoms with Gasteiger partial charge in [0.1, 0.15) is 0 Å². The van der Waals surface area contributed by atoms with E-state index >= 15 is 0 Å². The van der Waals surface area contributed by atoms with Crippen molar-refractivity contribution in [1.29, 1.82) is 0 Å². The van der Waals surface area contributed by atoms with Crippen molar-refractivity contribution < 1.29 is 9.90 Å². The van der Waals surface area contributed by atoms with Crippen molar-refractivity contribution in [2.45, 2.75) is 32.8 Å². The van der Waals surface area contributed by atoms with Crippen LogP contribution in [0.3, 0.4) is 0 Å². The fourth-order valence-corrected chi connectivity index (χ4v) is 2.49. The molecule has 4 nitrogen and oxygen atoms in total. The summed E-state index contributed by atoms with van der Waals surface area (Å²) in [7, 11) is 0. The van der Waals surface area contributed by atoms with Gasteiger partial charge in [0.05, 0.1) is 11.7 Å².